The van der Waals surface area contributed by atoms with Crippen LogP contribution in [0.25, 0.3) is 10.9 Å². The van der Waals surface area contributed by atoms with Gasteiger partial charge in [0, 0.05) is 11.1 Å². The lowest BCUT2D eigenvalue weighted by molar-refractivity contribution is -0.142. The van der Waals surface area contributed by atoms with E-state index in [2.05, 4.69) is 4.98 Å². The summed E-state index contributed by atoms with van der Waals surface area (Å²) in [5, 5.41) is 1.10. The molecule has 0 unspecified atom stereocenters. The molecule has 0 saturated heterocycles. The Balaban J connectivity index is 2.47. The van der Waals surface area contributed by atoms with Gasteiger partial charge in [-0.15, -0.1) is 0 Å². The number of carbonyl (C=O) groups is 1. The molecular formula is C15H17NO2. The predicted octanol–water partition coefficient (Wildman–Crippen LogP) is 2.96. The summed E-state index contributed by atoms with van der Waals surface area (Å²) in [6, 6.07) is 7.98. The smallest absolute Gasteiger partial charge is 0.310 e. The van der Waals surface area contributed by atoms with Crippen molar-refractivity contribution in [3.8, 4) is 0 Å². The number of ether oxygens (including phenoxy) is 1. The Labute approximate surface area is 107 Å². The Morgan fingerprint density at radius 1 is 1.28 bits per heavy atom. The van der Waals surface area contributed by atoms with E-state index in [4.69, 9.17) is 4.74 Å². The van der Waals surface area contributed by atoms with Crippen molar-refractivity contribution in [1.29, 1.82) is 0 Å². The van der Waals surface area contributed by atoms with Gasteiger partial charge in [0.25, 0.3) is 0 Å². The van der Waals surface area contributed by atoms with Gasteiger partial charge in [-0.2, -0.15) is 0 Å². The maximum absolute atomic E-state index is 11.6. The predicted molar refractivity (Wildman–Crippen MR) is 71.6 cm³/mol. The Bertz CT molecular complexity index is 590. The largest absolute Gasteiger partial charge is 0.466 e. The van der Waals surface area contributed by atoms with Crippen molar-refractivity contribution in [2.45, 2.75) is 27.2 Å². The van der Waals surface area contributed by atoms with Crippen LogP contribution in [0.1, 0.15) is 23.7 Å². The van der Waals surface area contributed by atoms with E-state index < -0.39 is 0 Å². The molecule has 2 aromatic rings. The molecule has 0 fully saturated rings. The molecule has 18 heavy (non-hydrogen) atoms. The third-order valence-electron chi connectivity index (χ3n) is 3.11. The van der Waals surface area contributed by atoms with E-state index in [1.165, 1.54) is 0 Å². The van der Waals surface area contributed by atoms with Crippen molar-refractivity contribution in [2.75, 3.05) is 6.61 Å². The third kappa shape index (κ3) is 2.35. The van der Waals surface area contributed by atoms with E-state index in [0.717, 1.165) is 27.7 Å². The van der Waals surface area contributed by atoms with Gasteiger partial charge in [-0.05, 0) is 38.0 Å². The highest BCUT2D eigenvalue weighted by molar-refractivity contribution is 5.85. The lowest BCUT2D eigenvalue weighted by Gasteiger charge is -2.11. The number of aryl methyl sites for hydroxylation is 2. The molecule has 3 nitrogen and oxygen atoms in total. The van der Waals surface area contributed by atoms with Gasteiger partial charge < -0.3 is 4.74 Å². The highest BCUT2D eigenvalue weighted by Gasteiger charge is 2.13. The molecule has 0 aliphatic carbocycles. The molecular weight excluding hydrogens is 226 g/mol. The first-order chi connectivity index (χ1) is 8.63. The number of para-hydroxylation sites is 1. The minimum atomic E-state index is -0.194. The lowest BCUT2D eigenvalue weighted by atomic mass is 10.00. The van der Waals surface area contributed by atoms with Gasteiger partial charge in [-0.25, -0.2) is 0 Å². The van der Waals surface area contributed by atoms with Crippen LogP contribution in [-0.4, -0.2) is 17.6 Å². The van der Waals surface area contributed by atoms with Crippen molar-refractivity contribution >= 4 is 16.9 Å². The maximum atomic E-state index is 11.6. The number of benzene rings is 1. The van der Waals surface area contributed by atoms with Gasteiger partial charge in [0.05, 0.1) is 18.5 Å². The molecule has 1 heterocycles. The van der Waals surface area contributed by atoms with Crippen molar-refractivity contribution in [2.24, 2.45) is 0 Å². The fourth-order valence-corrected chi connectivity index (χ4v) is 2.19. The summed E-state index contributed by atoms with van der Waals surface area (Å²) in [7, 11) is 0. The van der Waals surface area contributed by atoms with E-state index in [9.17, 15) is 4.79 Å². The average molecular weight is 243 g/mol. The highest BCUT2D eigenvalue weighted by Crippen LogP contribution is 2.23. The van der Waals surface area contributed by atoms with Crippen molar-refractivity contribution < 1.29 is 9.53 Å². The molecule has 0 bridgehead atoms. The molecule has 0 aliphatic rings. The molecule has 0 N–H and O–H groups in total. The second kappa shape index (κ2) is 5.17. The summed E-state index contributed by atoms with van der Waals surface area (Å²) in [4.78, 5) is 16.1. The summed E-state index contributed by atoms with van der Waals surface area (Å²) in [6.07, 6.45) is 0.295. The number of pyridine rings is 1. The molecule has 1 aromatic heterocycles. The average Bonchev–Trinajstić information content (AvgIpc) is 2.35. The zero-order valence-electron chi connectivity index (χ0n) is 11.0. The summed E-state index contributed by atoms with van der Waals surface area (Å²) >= 11 is 0. The van der Waals surface area contributed by atoms with E-state index in [1.807, 2.05) is 45.0 Å². The van der Waals surface area contributed by atoms with Gasteiger partial charge in [0.1, 0.15) is 0 Å². The van der Waals surface area contributed by atoms with Crippen molar-refractivity contribution in [3.05, 3.63) is 41.1 Å². The molecule has 1 aromatic carbocycles. The number of esters is 1. The van der Waals surface area contributed by atoms with E-state index in [0.29, 0.717) is 13.0 Å². The molecule has 94 valence electrons. The first-order valence-electron chi connectivity index (χ1n) is 6.14. The van der Waals surface area contributed by atoms with Crippen LogP contribution in [0.15, 0.2) is 24.3 Å². The fraction of sp³-hybridized carbons (Fsp3) is 0.333. The topological polar surface area (TPSA) is 39.2 Å². The van der Waals surface area contributed by atoms with Gasteiger partial charge in [-0.3, -0.25) is 9.78 Å². The monoisotopic (exact) mass is 243 g/mol. The first kappa shape index (κ1) is 12.6. The summed E-state index contributed by atoms with van der Waals surface area (Å²) in [5.74, 6) is -0.194. The van der Waals surface area contributed by atoms with Crippen LogP contribution in [0, 0.1) is 13.8 Å². The van der Waals surface area contributed by atoms with Crippen LogP contribution in [0.2, 0.25) is 0 Å². The zero-order chi connectivity index (χ0) is 13.1. The molecule has 0 saturated carbocycles. The second-order valence-corrected chi connectivity index (χ2v) is 4.30. The number of rotatable bonds is 3. The third-order valence-corrected chi connectivity index (χ3v) is 3.11. The Morgan fingerprint density at radius 2 is 2.00 bits per heavy atom. The number of fused-ring (bicyclic) bond motifs is 1. The molecule has 0 spiro atoms. The second-order valence-electron chi connectivity index (χ2n) is 4.30. The van der Waals surface area contributed by atoms with Gasteiger partial charge in [-0.1, -0.05) is 18.2 Å². The Hall–Kier alpha value is -1.90. The molecule has 0 amide bonds. The van der Waals surface area contributed by atoms with Gasteiger partial charge in [0.15, 0.2) is 0 Å². The summed E-state index contributed by atoms with van der Waals surface area (Å²) < 4.78 is 5.00. The quantitative estimate of drug-likeness (QED) is 0.778. The molecule has 3 heteroatoms. The van der Waals surface area contributed by atoms with Crippen LogP contribution < -0.4 is 0 Å². The van der Waals surface area contributed by atoms with Gasteiger partial charge in [0.2, 0.25) is 0 Å². The summed E-state index contributed by atoms with van der Waals surface area (Å²) in [6.45, 7) is 6.20. The normalized spacial score (nSPS) is 10.6. The SMILES string of the molecule is CCOC(=O)Cc1c(C)nc2ccccc2c1C. The first-order valence-corrected chi connectivity index (χ1v) is 6.14. The summed E-state index contributed by atoms with van der Waals surface area (Å²) in [5.41, 5.74) is 3.97. The minimum absolute atomic E-state index is 0.194. The maximum Gasteiger partial charge on any atom is 0.310 e. The Morgan fingerprint density at radius 3 is 2.72 bits per heavy atom. The van der Waals surface area contributed by atoms with Crippen LogP contribution in [0.3, 0.4) is 0 Å². The minimum Gasteiger partial charge on any atom is -0.466 e. The van der Waals surface area contributed by atoms with Crippen LogP contribution in [0.4, 0.5) is 0 Å². The van der Waals surface area contributed by atoms with E-state index >= 15 is 0 Å². The number of carbonyl (C=O) groups excluding carboxylic acids is 1. The zero-order valence-corrected chi connectivity index (χ0v) is 11.0. The standard InChI is InChI=1S/C15H17NO2/c1-4-18-15(17)9-13-10(2)12-7-5-6-8-14(12)16-11(13)3/h5-8H,4,9H2,1-3H3. The van der Waals surface area contributed by atoms with Gasteiger partial charge >= 0.3 is 5.97 Å². The van der Waals surface area contributed by atoms with E-state index in [1.54, 1.807) is 0 Å². The van der Waals surface area contributed by atoms with E-state index in [-0.39, 0.29) is 5.97 Å². The number of nitrogens with zero attached hydrogens (tertiary/aromatic N) is 1. The molecule has 2 rings (SSSR count). The number of aromatic nitrogens is 1. The Kier molecular flexibility index (Phi) is 3.60. The van der Waals surface area contributed by atoms with Crippen LogP contribution >= 0.6 is 0 Å². The molecule has 0 radical (unpaired) electrons. The number of hydrogen-bond donors (Lipinski definition) is 0. The lowest BCUT2D eigenvalue weighted by Crippen LogP contribution is -2.10. The van der Waals surface area contributed by atoms with Crippen molar-refractivity contribution in [1.82, 2.24) is 4.98 Å². The molecule has 0 atom stereocenters. The fourth-order valence-electron chi connectivity index (χ4n) is 2.19. The van der Waals surface area contributed by atoms with Crippen LogP contribution in [0.5, 0.6) is 0 Å². The van der Waals surface area contributed by atoms with Crippen LogP contribution in [-0.2, 0) is 16.0 Å². The van der Waals surface area contributed by atoms with Crippen molar-refractivity contribution in [3.63, 3.8) is 0 Å². The number of hydrogen-bond acceptors (Lipinski definition) is 3. The highest BCUT2D eigenvalue weighted by atomic mass is 16.5. The molecule has 0 aliphatic heterocycles.